The molecule has 8 nitrogen and oxygen atoms in total. The molecule has 3 aromatic carbocycles. The molecule has 0 aliphatic carbocycles. The number of esters is 1. The van der Waals surface area contributed by atoms with Gasteiger partial charge in [-0.2, -0.15) is 5.26 Å². The van der Waals surface area contributed by atoms with Crippen LogP contribution in [0.2, 0.25) is 5.02 Å². The molecule has 2 N–H and O–H groups in total. The van der Waals surface area contributed by atoms with Crippen LogP contribution in [0.1, 0.15) is 38.8 Å². The third-order valence-electron chi connectivity index (χ3n) is 4.88. The molecule has 0 saturated carbocycles. The van der Waals surface area contributed by atoms with E-state index < -0.39 is 17.8 Å². The molecule has 0 aromatic heterocycles. The van der Waals surface area contributed by atoms with Crippen molar-refractivity contribution in [2.45, 2.75) is 13.5 Å². The van der Waals surface area contributed by atoms with Crippen LogP contribution in [0.25, 0.3) is 6.08 Å². The average molecular weight is 505 g/mol. The molecule has 0 radical (unpaired) electrons. The van der Waals surface area contributed by atoms with Crippen molar-refractivity contribution in [3.8, 4) is 11.8 Å². The summed E-state index contributed by atoms with van der Waals surface area (Å²) >= 11 is 6.31. The van der Waals surface area contributed by atoms with Gasteiger partial charge < -0.3 is 19.9 Å². The molecule has 9 heteroatoms. The summed E-state index contributed by atoms with van der Waals surface area (Å²) in [7, 11) is 0. The minimum absolute atomic E-state index is 0.146. The molecule has 36 heavy (non-hydrogen) atoms. The van der Waals surface area contributed by atoms with E-state index in [-0.39, 0.29) is 29.4 Å². The predicted molar refractivity (Wildman–Crippen MR) is 134 cm³/mol. The smallest absolute Gasteiger partial charge is 0.338 e. The van der Waals surface area contributed by atoms with Gasteiger partial charge in [-0.3, -0.25) is 4.79 Å². The summed E-state index contributed by atoms with van der Waals surface area (Å²) in [6, 6.07) is 19.1. The van der Waals surface area contributed by atoms with Crippen molar-refractivity contribution in [1.29, 1.82) is 5.26 Å². The number of carbonyl (C=O) groups is 3. The number of amides is 1. The van der Waals surface area contributed by atoms with Gasteiger partial charge in [0.2, 0.25) is 0 Å². The number of carbonyl (C=O) groups excluding carboxylic acids is 2. The molecule has 3 rings (SSSR count). The Labute approximate surface area is 212 Å². The van der Waals surface area contributed by atoms with Gasteiger partial charge in [-0.15, -0.1) is 0 Å². The van der Waals surface area contributed by atoms with E-state index in [1.54, 1.807) is 37.3 Å². The fourth-order valence-electron chi connectivity index (χ4n) is 3.05. The van der Waals surface area contributed by atoms with E-state index in [0.29, 0.717) is 22.6 Å². The number of hydrogen-bond donors (Lipinski definition) is 2. The van der Waals surface area contributed by atoms with E-state index in [1.165, 1.54) is 42.5 Å². The Morgan fingerprint density at radius 1 is 1.03 bits per heavy atom. The number of hydrogen-bond acceptors (Lipinski definition) is 6. The Kier molecular flexibility index (Phi) is 8.81. The maximum atomic E-state index is 12.6. The minimum atomic E-state index is -1.01. The van der Waals surface area contributed by atoms with Gasteiger partial charge in [0.05, 0.1) is 22.8 Å². The average Bonchev–Trinajstić information content (AvgIpc) is 2.87. The van der Waals surface area contributed by atoms with Gasteiger partial charge in [0.15, 0.2) is 0 Å². The second kappa shape index (κ2) is 12.2. The van der Waals surface area contributed by atoms with Gasteiger partial charge in [-0.05, 0) is 72.7 Å². The molecule has 0 aliphatic rings. The monoisotopic (exact) mass is 504 g/mol. The minimum Gasteiger partial charge on any atom is -0.487 e. The first-order chi connectivity index (χ1) is 17.3. The first kappa shape index (κ1) is 26.0. The van der Waals surface area contributed by atoms with Crippen molar-refractivity contribution in [3.63, 3.8) is 0 Å². The summed E-state index contributed by atoms with van der Waals surface area (Å²) in [4.78, 5) is 35.2. The van der Waals surface area contributed by atoms with Crippen LogP contribution in [0, 0.1) is 11.3 Å². The largest absolute Gasteiger partial charge is 0.487 e. The fourth-order valence-corrected chi connectivity index (χ4v) is 3.29. The number of nitrogens with one attached hydrogen (secondary N) is 1. The van der Waals surface area contributed by atoms with Gasteiger partial charge in [-0.1, -0.05) is 29.8 Å². The molecular formula is C27H21ClN2O6. The predicted octanol–water partition coefficient (Wildman–Crippen LogP) is 5.34. The van der Waals surface area contributed by atoms with Crippen molar-refractivity contribution in [2.75, 3.05) is 11.9 Å². The lowest BCUT2D eigenvalue weighted by molar-refractivity contribution is -0.112. The van der Waals surface area contributed by atoms with Gasteiger partial charge in [0.1, 0.15) is 24.0 Å². The van der Waals surface area contributed by atoms with E-state index >= 15 is 0 Å². The van der Waals surface area contributed by atoms with E-state index in [0.717, 1.165) is 5.56 Å². The second-order valence-electron chi connectivity index (χ2n) is 7.40. The number of carboxylic acids is 1. The molecule has 0 spiro atoms. The zero-order chi connectivity index (χ0) is 26.1. The van der Waals surface area contributed by atoms with Crippen molar-refractivity contribution >= 4 is 41.2 Å². The molecule has 0 bridgehead atoms. The van der Waals surface area contributed by atoms with Crippen LogP contribution in [0.5, 0.6) is 5.75 Å². The van der Waals surface area contributed by atoms with E-state index in [4.69, 9.17) is 26.2 Å². The molecule has 0 aliphatic heterocycles. The summed E-state index contributed by atoms with van der Waals surface area (Å²) in [5.41, 5.74) is 2.07. The van der Waals surface area contributed by atoms with Crippen LogP contribution < -0.4 is 10.1 Å². The SMILES string of the molecule is CCOC(=O)c1ccc(NC(=O)/C(C#N)=C/c2ccc(OCc3ccc(C(=O)O)cc3)c(Cl)c2)cc1. The number of anilines is 1. The highest BCUT2D eigenvalue weighted by Crippen LogP contribution is 2.27. The van der Waals surface area contributed by atoms with Crippen LogP contribution in [0.15, 0.2) is 72.3 Å². The van der Waals surface area contributed by atoms with Gasteiger partial charge in [-0.25, -0.2) is 9.59 Å². The number of carboxylic acid groups (broad SMARTS) is 1. The Balaban J connectivity index is 1.65. The Bertz CT molecular complexity index is 1340. The molecule has 0 heterocycles. The number of halogens is 1. The third kappa shape index (κ3) is 6.95. The maximum Gasteiger partial charge on any atom is 0.338 e. The van der Waals surface area contributed by atoms with E-state index in [2.05, 4.69) is 5.32 Å². The summed E-state index contributed by atoms with van der Waals surface area (Å²) in [6.07, 6.45) is 1.39. The Morgan fingerprint density at radius 2 is 1.69 bits per heavy atom. The highest BCUT2D eigenvalue weighted by atomic mass is 35.5. The van der Waals surface area contributed by atoms with Crippen LogP contribution in [0.3, 0.4) is 0 Å². The maximum absolute atomic E-state index is 12.6. The topological polar surface area (TPSA) is 126 Å². The van der Waals surface area contributed by atoms with Crippen LogP contribution >= 0.6 is 11.6 Å². The summed E-state index contributed by atoms with van der Waals surface area (Å²) < 4.78 is 10.6. The van der Waals surface area contributed by atoms with Gasteiger partial charge >= 0.3 is 11.9 Å². The molecule has 3 aromatic rings. The Hall–Kier alpha value is -4.61. The highest BCUT2D eigenvalue weighted by Gasteiger charge is 2.12. The molecule has 0 saturated heterocycles. The van der Waals surface area contributed by atoms with Crippen LogP contribution in [0.4, 0.5) is 5.69 Å². The first-order valence-electron chi connectivity index (χ1n) is 10.8. The summed E-state index contributed by atoms with van der Waals surface area (Å²) in [6.45, 7) is 2.14. The fraction of sp³-hybridized carbons (Fsp3) is 0.111. The standard InChI is InChI=1S/C27H21ClN2O6/c1-2-35-27(34)20-8-10-22(11-9-20)30-25(31)21(15-29)13-18-5-12-24(23(28)14-18)36-16-17-3-6-19(7-4-17)26(32)33/h3-14H,2,16H2,1H3,(H,30,31)(H,32,33)/b21-13+. The van der Waals surface area contributed by atoms with Crippen molar-refractivity contribution in [3.05, 3.63) is 99.6 Å². The number of ether oxygens (including phenoxy) is 2. The number of aromatic carboxylic acids is 1. The van der Waals surface area contributed by atoms with E-state index in [1.807, 2.05) is 6.07 Å². The quantitative estimate of drug-likeness (QED) is 0.229. The normalized spacial score (nSPS) is 10.8. The Morgan fingerprint density at radius 3 is 2.28 bits per heavy atom. The molecule has 0 fully saturated rings. The highest BCUT2D eigenvalue weighted by molar-refractivity contribution is 6.32. The lowest BCUT2D eigenvalue weighted by Gasteiger charge is -2.09. The zero-order valence-electron chi connectivity index (χ0n) is 19.2. The molecule has 1 amide bonds. The third-order valence-corrected chi connectivity index (χ3v) is 5.18. The van der Waals surface area contributed by atoms with Gasteiger partial charge in [0, 0.05) is 5.69 Å². The summed E-state index contributed by atoms with van der Waals surface area (Å²) in [5.74, 6) is -1.71. The number of benzene rings is 3. The zero-order valence-corrected chi connectivity index (χ0v) is 19.9. The molecule has 0 unspecified atom stereocenters. The number of nitriles is 1. The first-order valence-corrected chi connectivity index (χ1v) is 11.1. The second-order valence-corrected chi connectivity index (χ2v) is 7.81. The number of nitrogens with zero attached hydrogens (tertiary/aromatic N) is 1. The lowest BCUT2D eigenvalue weighted by Crippen LogP contribution is -2.13. The molecular weight excluding hydrogens is 484 g/mol. The number of rotatable bonds is 9. The van der Waals surface area contributed by atoms with Crippen LogP contribution in [-0.2, 0) is 16.1 Å². The molecule has 0 atom stereocenters. The van der Waals surface area contributed by atoms with Crippen molar-refractivity contribution in [2.24, 2.45) is 0 Å². The van der Waals surface area contributed by atoms with Crippen molar-refractivity contribution < 1.29 is 29.0 Å². The van der Waals surface area contributed by atoms with E-state index in [9.17, 15) is 19.6 Å². The lowest BCUT2D eigenvalue weighted by atomic mass is 10.1. The molecule has 182 valence electrons. The van der Waals surface area contributed by atoms with Crippen molar-refractivity contribution in [1.82, 2.24) is 0 Å². The van der Waals surface area contributed by atoms with Crippen LogP contribution in [-0.4, -0.2) is 29.6 Å². The summed E-state index contributed by atoms with van der Waals surface area (Å²) in [5, 5.41) is 21.3. The van der Waals surface area contributed by atoms with Gasteiger partial charge in [0.25, 0.3) is 5.91 Å².